The summed E-state index contributed by atoms with van der Waals surface area (Å²) in [4.78, 5) is 28.8. The maximum atomic E-state index is 12.9. The van der Waals surface area contributed by atoms with Crippen molar-refractivity contribution < 1.29 is 37.3 Å². The van der Waals surface area contributed by atoms with Crippen molar-refractivity contribution in [3.8, 4) is 0 Å². The monoisotopic (exact) mass is 503 g/mol. The van der Waals surface area contributed by atoms with Gasteiger partial charge in [-0.3, -0.25) is 4.79 Å². The first-order valence-corrected chi connectivity index (χ1v) is 11.7. The molecule has 1 aromatic carbocycles. The van der Waals surface area contributed by atoms with Gasteiger partial charge >= 0.3 is 12.2 Å². The third-order valence-electron chi connectivity index (χ3n) is 6.34. The molecule has 35 heavy (non-hydrogen) atoms. The number of benzene rings is 1. The van der Waals surface area contributed by atoms with Gasteiger partial charge in [-0.25, -0.2) is 4.79 Å². The van der Waals surface area contributed by atoms with Gasteiger partial charge in [0, 0.05) is 58.0 Å². The quantitative estimate of drug-likeness (QED) is 0.510. The summed E-state index contributed by atoms with van der Waals surface area (Å²) in [5, 5.41) is 12.3. The molecule has 0 aliphatic carbocycles. The van der Waals surface area contributed by atoms with Gasteiger partial charge in [-0.2, -0.15) is 13.2 Å². The maximum Gasteiger partial charge on any atom is 0.416 e. The molecule has 0 bridgehead atoms. The van der Waals surface area contributed by atoms with Gasteiger partial charge in [-0.15, -0.1) is 0 Å². The van der Waals surface area contributed by atoms with Crippen LogP contribution in [0.2, 0.25) is 0 Å². The summed E-state index contributed by atoms with van der Waals surface area (Å²) in [6.45, 7) is 4.91. The summed E-state index contributed by atoms with van der Waals surface area (Å²) in [6, 6.07) is 3.04. The van der Waals surface area contributed by atoms with Crippen molar-refractivity contribution in [1.29, 1.82) is 0 Å². The van der Waals surface area contributed by atoms with Crippen molar-refractivity contribution in [3.63, 3.8) is 0 Å². The number of carbonyl (C=O) groups is 2. The molecule has 8 nitrogen and oxygen atoms in total. The molecular weight excluding hydrogens is 467 g/mol. The summed E-state index contributed by atoms with van der Waals surface area (Å²) >= 11 is 0. The SMILES string of the molecule is CO[C@@H](CN(C)C(=O)C1CCOCC1)[C@@H](C)CN(C(=O)Nc1ccc(C(F)(F)F)cc1)[C@@H](C)CO. The Morgan fingerprint density at radius 2 is 1.77 bits per heavy atom. The van der Waals surface area contributed by atoms with E-state index in [2.05, 4.69) is 5.32 Å². The molecule has 1 fully saturated rings. The highest BCUT2D eigenvalue weighted by Gasteiger charge is 2.31. The Morgan fingerprint density at radius 1 is 1.17 bits per heavy atom. The van der Waals surface area contributed by atoms with E-state index in [-0.39, 0.29) is 42.7 Å². The highest BCUT2D eigenvalue weighted by molar-refractivity contribution is 5.89. The second-order valence-corrected chi connectivity index (χ2v) is 9.05. The Hall–Kier alpha value is -2.37. The number of carbonyl (C=O) groups excluding carboxylic acids is 2. The number of amides is 3. The maximum absolute atomic E-state index is 12.9. The molecule has 3 amide bonds. The van der Waals surface area contributed by atoms with E-state index in [1.165, 1.54) is 24.1 Å². The average molecular weight is 504 g/mol. The number of hydrogen-bond donors (Lipinski definition) is 2. The first-order chi connectivity index (χ1) is 16.5. The molecule has 11 heteroatoms. The highest BCUT2D eigenvalue weighted by atomic mass is 19.4. The minimum Gasteiger partial charge on any atom is -0.394 e. The third-order valence-corrected chi connectivity index (χ3v) is 6.34. The smallest absolute Gasteiger partial charge is 0.394 e. The van der Waals surface area contributed by atoms with Crippen molar-refractivity contribution in [2.24, 2.45) is 11.8 Å². The molecule has 198 valence electrons. The first-order valence-electron chi connectivity index (χ1n) is 11.7. The number of anilines is 1. The van der Waals surface area contributed by atoms with Gasteiger partial charge in [-0.05, 0) is 44.0 Å². The fourth-order valence-electron chi connectivity index (χ4n) is 4.03. The summed E-state index contributed by atoms with van der Waals surface area (Å²) < 4.78 is 49.3. The van der Waals surface area contributed by atoms with Gasteiger partial charge in [-0.1, -0.05) is 6.92 Å². The number of halogens is 3. The van der Waals surface area contributed by atoms with Gasteiger partial charge in [0.1, 0.15) is 0 Å². The number of methoxy groups -OCH3 is 1. The van der Waals surface area contributed by atoms with Gasteiger partial charge in [0.25, 0.3) is 0 Å². The van der Waals surface area contributed by atoms with Crippen LogP contribution >= 0.6 is 0 Å². The van der Waals surface area contributed by atoms with Gasteiger partial charge < -0.3 is 29.7 Å². The Balaban J connectivity index is 2.03. The van der Waals surface area contributed by atoms with Crippen LogP contribution in [-0.2, 0) is 20.4 Å². The largest absolute Gasteiger partial charge is 0.416 e. The van der Waals surface area contributed by atoms with Crippen molar-refractivity contribution in [1.82, 2.24) is 9.80 Å². The number of rotatable bonds is 10. The molecule has 0 aromatic heterocycles. The minimum atomic E-state index is -4.47. The van der Waals surface area contributed by atoms with Crippen LogP contribution in [0.3, 0.4) is 0 Å². The number of urea groups is 1. The normalized spacial score (nSPS) is 17.4. The van der Waals surface area contributed by atoms with E-state index in [9.17, 15) is 27.9 Å². The number of nitrogens with zero attached hydrogens (tertiary/aromatic N) is 2. The van der Waals surface area contributed by atoms with E-state index in [1.54, 1.807) is 18.9 Å². The first kappa shape index (κ1) is 28.9. The van der Waals surface area contributed by atoms with Crippen LogP contribution < -0.4 is 5.32 Å². The van der Waals surface area contributed by atoms with Crippen LogP contribution in [0.1, 0.15) is 32.3 Å². The lowest BCUT2D eigenvalue weighted by Crippen LogP contribution is -2.49. The zero-order valence-corrected chi connectivity index (χ0v) is 20.7. The fraction of sp³-hybridized carbons (Fsp3) is 0.667. The van der Waals surface area contributed by atoms with E-state index in [0.717, 1.165) is 12.1 Å². The van der Waals surface area contributed by atoms with E-state index in [0.29, 0.717) is 32.6 Å². The van der Waals surface area contributed by atoms with E-state index in [1.807, 2.05) is 6.92 Å². The Bertz CT molecular complexity index is 816. The van der Waals surface area contributed by atoms with E-state index in [4.69, 9.17) is 9.47 Å². The molecule has 1 heterocycles. The van der Waals surface area contributed by atoms with Gasteiger partial charge in [0.05, 0.1) is 24.3 Å². The van der Waals surface area contributed by atoms with Crippen LogP contribution in [0.15, 0.2) is 24.3 Å². The minimum absolute atomic E-state index is 0.0307. The standard InChI is InChI=1S/C24H36F3N3O5/c1-16(21(34-4)14-29(3)22(32)18-9-11-35-12-10-18)13-30(17(2)15-31)23(33)28-20-7-5-19(6-8-20)24(25,26)27/h5-8,16-18,21,31H,9-15H2,1-4H3,(H,28,33)/t16-,17-,21-/m0/s1. The lowest BCUT2D eigenvalue weighted by Gasteiger charge is -2.35. The molecule has 2 N–H and O–H groups in total. The number of aliphatic hydroxyl groups excluding tert-OH is 1. The molecule has 1 aromatic rings. The van der Waals surface area contributed by atoms with Gasteiger partial charge in [0.15, 0.2) is 0 Å². The molecule has 0 unspecified atom stereocenters. The second-order valence-electron chi connectivity index (χ2n) is 9.05. The highest BCUT2D eigenvalue weighted by Crippen LogP contribution is 2.30. The summed E-state index contributed by atoms with van der Waals surface area (Å²) in [7, 11) is 3.26. The Morgan fingerprint density at radius 3 is 2.29 bits per heavy atom. The van der Waals surface area contributed by atoms with Crippen LogP contribution in [0.25, 0.3) is 0 Å². The molecule has 0 saturated carbocycles. The van der Waals surface area contributed by atoms with E-state index >= 15 is 0 Å². The number of hydrogen-bond acceptors (Lipinski definition) is 5. The van der Waals surface area contributed by atoms with Crippen LogP contribution in [0.5, 0.6) is 0 Å². The van der Waals surface area contributed by atoms with Crippen LogP contribution in [-0.4, -0.2) is 86.1 Å². The molecule has 1 aliphatic rings. The van der Waals surface area contributed by atoms with Crippen molar-refractivity contribution in [3.05, 3.63) is 29.8 Å². The van der Waals surface area contributed by atoms with E-state index < -0.39 is 23.8 Å². The van der Waals surface area contributed by atoms with Crippen LogP contribution in [0.4, 0.5) is 23.7 Å². The molecule has 0 radical (unpaired) electrons. The predicted octanol–water partition coefficient (Wildman–Crippen LogP) is 3.46. The fourth-order valence-corrected chi connectivity index (χ4v) is 4.03. The molecular formula is C24H36F3N3O5. The third kappa shape index (κ3) is 8.36. The molecule has 2 rings (SSSR count). The number of alkyl halides is 3. The number of likely N-dealkylation sites (N-methyl/N-ethyl adjacent to an activating group) is 1. The zero-order chi connectivity index (χ0) is 26.2. The number of ether oxygens (including phenoxy) is 2. The van der Waals surface area contributed by atoms with Gasteiger partial charge in [0.2, 0.25) is 5.91 Å². The Labute approximate surface area is 204 Å². The predicted molar refractivity (Wildman–Crippen MR) is 125 cm³/mol. The number of aliphatic hydroxyl groups is 1. The molecule has 1 saturated heterocycles. The van der Waals surface area contributed by atoms with Crippen molar-refractivity contribution in [2.75, 3.05) is 52.4 Å². The topological polar surface area (TPSA) is 91.3 Å². The summed E-state index contributed by atoms with van der Waals surface area (Å²) in [5.74, 6) is -0.262. The molecule has 1 aliphatic heterocycles. The van der Waals surface area contributed by atoms with Crippen LogP contribution in [0, 0.1) is 11.8 Å². The summed E-state index contributed by atoms with van der Waals surface area (Å²) in [5.41, 5.74) is -0.608. The molecule has 3 atom stereocenters. The Kier molecular flexibility index (Phi) is 10.8. The zero-order valence-electron chi connectivity index (χ0n) is 20.7. The number of nitrogens with one attached hydrogen (secondary N) is 1. The lowest BCUT2D eigenvalue weighted by atomic mass is 9.97. The lowest BCUT2D eigenvalue weighted by molar-refractivity contribution is -0.139. The van der Waals surface area contributed by atoms with Crippen molar-refractivity contribution >= 4 is 17.6 Å². The summed E-state index contributed by atoms with van der Waals surface area (Å²) in [6.07, 6.45) is -3.48. The second kappa shape index (κ2) is 13.1. The molecule has 0 spiro atoms. The van der Waals surface area contributed by atoms with Crippen molar-refractivity contribution in [2.45, 2.75) is 45.0 Å². The average Bonchev–Trinajstić information content (AvgIpc) is 2.84.